The Morgan fingerprint density at radius 2 is 0.949 bits per heavy atom. The number of benzene rings is 1. The Morgan fingerprint density at radius 1 is 0.615 bits per heavy atom. The van der Waals surface area contributed by atoms with Crippen molar-refractivity contribution < 1.29 is 83.4 Å². The van der Waals surface area contributed by atoms with Crippen molar-refractivity contribution in [3.05, 3.63) is 35.4 Å². The summed E-state index contributed by atoms with van der Waals surface area (Å²) >= 11 is 0. The third-order valence-electron chi connectivity index (χ3n) is 6.62. The van der Waals surface area contributed by atoms with Crippen LogP contribution in [-0.2, 0) is 19.6 Å². The van der Waals surface area contributed by atoms with E-state index in [0.29, 0.717) is 6.61 Å². The van der Waals surface area contributed by atoms with Crippen molar-refractivity contribution in [3.63, 3.8) is 0 Å². The van der Waals surface area contributed by atoms with Crippen LogP contribution in [0.3, 0.4) is 0 Å². The van der Waals surface area contributed by atoms with Crippen molar-refractivity contribution >= 4 is 22.1 Å². The summed E-state index contributed by atoms with van der Waals surface area (Å²) in [4.78, 5) is 24.7. The molecule has 9 heteroatoms. The Morgan fingerprint density at radius 3 is 1.31 bits per heavy atom. The number of carbonyl (C=O) groups is 2. The number of rotatable bonds is 24. The molecule has 0 aliphatic rings. The van der Waals surface area contributed by atoms with E-state index in [1.54, 1.807) is 12.1 Å². The third kappa shape index (κ3) is 22.0. The molecule has 0 aliphatic carbocycles. The molecule has 39 heavy (non-hydrogen) atoms. The van der Waals surface area contributed by atoms with Crippen molar-refractivity contribution in [1.29, 1.82) is 0 Å². The van der Waals surface area contributed by atoms with Crippen LogP contribution in [0.5, 0.6) is 0 Å². The molecule has 0 atom stereocenters. The van der Waals surface area contributed by atoms with E-state index in [2.05, 4.69) is 6.92 Å². The van der Waals surface area contributed by atoms with Crippen LogP contribution in [0.2, 0.25) is 0 Å². The molecular weight excluding hydrogens is 543 g/mol. The van der Waals surface area contributed by atoms with Crippen molar-refractivity contribution in [2.75, 3.05) is 19.0 Å². The number of carbonyl (C=O) groups excluding carboxylic acids is 2. The van der Waals surface area contributed by atoms with Gasteiger partial charge in [0.25, 0.3) is 0 Å². The maximum Gasteiger partial charge on any atom is 1.00 e. The zero-order chi connectivity index (χ0) is 27.9. The van der Waals surface area contributed by atoms with Gasteiger partial charge >= 0.3 is 63.3 Å². The van der Waals surface area contributed by atoms with Crippen LogP contribution < -0.4 is 51.4 Å². The first-order valence-corrected chi connectivity index (χ1v) is 16.3. The van der Waals surface area contributed by atoms with Crippen LogP contribution in [0.1, 0.15) is 143 Å². The molecule has 1 rings (SSSR count). The monoisotopic (exact) mass is 592 g/mol. The smallest absolute Gasteiger partial charge is 0.748 e. The van der Waals surface area contributed by atoms with Gasteiger partial charge in [0.1, 0.15) is 0 Å². The molecule has 0 radical (unpaired) electrons. The molecule has 1 aromatic rings. The molecule has 0 fully saturated rings. The molecule has 0 N–H and O–H groups in total. The summed E-state index contributed by atoms with van der Waals surface area (Å²) in [5.74, 6) is -1.95. The van der Waals surface area contributed by atoms with Gasteiger partial charge in [0.2, 0.25) is 0 Å². The SMILES string of the molecule is CCCCCCCCCCCCCCCCCCCOC(=O)c1ccccc1C(=O)OCCCS(=O)(=O)[O-].[K+]. The first-order valence-electron chi connectivity index (χ1n) is 14.7. The Balaban J connectivity index is 0.0000144. The second kappa shape index (κ2) is 25.4. The first-order chi connectivity index (χ1) is 18.3. The summed E-state index contributed by atoms with van der Waals surface area (Å²) in [5.41, 5.74) is 0.172. The van der Waals surface area contributed by atoms with Gasteiger partial charge in [0.05, 0.1) is 34.5 Å². The van der Waals surface area contributed by atoms with Crippen LogP contribution in [0.15, 0.2) is 24.3 Å². The van der Waals surface area contributed by atoms with E-state index < -0.39 is 27.8 Å². The van der Waals surface area contributed by atoms with Crippen molar-refractivity contribution in [2.24, 2.45) is 0 Å². The Labute approximate surface area is 279 Å². The van der Waals surface area contributed by atoms with Crippen LogP contribution in [-0.4, -0.2) is 43.9 Å². The summed E-state index contributed by atoms with van der Waals surface area (Å²) in [6.45, 7) is 2.34. The molecule has 0 spiro atoms. The maximum absolute atomic E-state index is 12.5. The van der Waals surface area contributed by atoms with Gasteiger partial charge < -0.3 is 14.0 Å². The van der Waals surface area contributed by atoms with Crippen LogP contribution in [0.25, 0.3) is 0 Å². The number of ether oxygens (including phenoxy) is 2. The Kier molecular flexibility index (Phi) is 25.2. The molecule has 0 aliphatic heterocycles. The molecule has 218 valence electrons. The molecule has 0 amide bonds. The fraction of sp³-hybridized carbons (Fsp3) is 0.733. The summed E-state index contributed by atoms with van der Waals surface area (Å²) in [5, 5.41) is 0. The summed E-state index contributed by atoms with van der Waals surface area (Å²) in [6.07, 6.45) is 21.7. The fourth-order valence-corrected chi connectivity index (χ4v) is 4.86. The van der Waals surface area contributed by atoms with E-state index in [4.69, 9.17) is 9.47 Å². The average Bonchev–Trinajstić information content (AvgIpc) is 2.89. The van der Waals surface area contributed by atoms with Gasteiger partial charge in [-0.3, -0.25) is 0 Å². The second-order valence-electron chi connectivity index (χ2n) is 10.1. The van der Waals surface area contributed by atoms with E-state index in [9.17, 15) is 22.6 Å². The predicted molar refractivity (Wildman–Crippen MR) is 150 cm³/mol. The number of esters is 2. The normalized spacial score (nSPS) is 11.1. The summed E-state index contributed by atoms with van der Waals surface area (Å²) in [6, 6.07) is 6.19. The van der Waals surface area contributed by atoms with Crippen molar-refractivity contribution in [3.8, 4) is 0 Å². The molecule has 0 aromatic heterocycles. The zero-order valence-electron chi connectivity index (χ0n) is 24.4. The van der Waals surface area contributed by atoms with Gasteiger partial charge in [0.15, 0.2) is 0 Å². The molecule has 0 heterocycles. The standard InChI is InChI=1S/C30H50O7S.K/c1-2-3-4-5-6-7-8-9-10-11-12-13-14-15-16-17-20-24-36-29(31)27-22-18-19-23-28(27)30(32)37-25-21-26-38(33,34)35;/h18-19,22-23H,2-17,20-21,24-26H2,1H3,(H,33,34,35);/q;+1/p-1. The van der Waals surface area contributed by atoms with Crippen molar-refractivity contribution in [2.45, 2.75) is 122 Å². The Hall–Kier alpha value is -0.294. The molecular formula is C30H49KO7S. The van der Waals surface area contributed by atoms with Gasteiger partial charge in [-0.25, -0.2) is 18.0 Å². The van der Waals surface area contributed by atoms with Gasteiger partial charge in [-0.15, -0.1) is 0 Å². The fourth-order valence-electron chi connectivity index (χ4n) is 4.39. The average molecular weight is 593 g/mol. The van der Waals surface area contributed by atoms with E-state index in [1.165, 1.54) is 102 Å². The zero-order valence-corrected chi connectivity index (χ0v) is 28.4. The summed E-state index contributed by atoms with van der Waals surface area (Å²) in [7, 11) is -4.36. The van der Waals surface area contributed by atoms with Crippen LogP contribution in [0, 0.1) is 0 Å². The van der Waals surface area contributed by atoms with E-state index in [0.717, 1.165) is 19.3 Å². The first kappa shape index (κ1) is 38.7. The molecule has 0 unspecified atom stereocenters. The molecule has 0 bridgehead atoms. The second-order valence-corrected chi connectivity index (χ2v) is 11.6. The third-order valence-corrected chi connectivity index (χ3v) is 7.41. The minimum absolute atomic E-state index is 0. The van der Waals surface area contributed by atoms with Crippen LogP contribution >= 0.6 is 0 Å². The topological polar surface area (TPSA) is 110 Å². The largest absolute Gasteiger partial charge is 1.00 e. The van der Waals surface area contributed by atoms with Crippen molar-refractivity contribution in [1.82, 2.24) is 0 Å². The Bertz CT molecular complexity index is 874. The molecule has 0 saturated heterocycles. The van der Waals surface area contributed by atoms with E-state index in [1.807, 2.05) is 0 Å². The van der Waals surface area contributed by atoms with Crippen LogP contribution in [0.4, 0.5) is 0 Å². The van der Waals surface area contributed by atoms with Gasteiger partial charge in [-0.1, -0.05) is 122 Å². The minimum Gasteiger partial charge on any atom is -0.748 e. The number of unbranched alkanes of at least 4 members (excludes halogenated alkanes) is 16. The quantitative estimate of drug-likeness (QED) is 0.0747. The number of hydrogen-bond acceptors (Lipinski definition) is 7. The van der Waals surface area contributed by atoms with Gasteiger partial charge in [0, 0.05) is 5.75 Å². The summed E-state index contributed by atoms with van der Waals surface area (Å²) < 4.78 is 42.3. The van der Waals surface area contributed by atoms with Gasteiger partial charge in [-0.05, 0) is 25.0 Å². The number of hydrogen-bond donors (Lipinski definition) is 0. The molecule has 0 saturated carbocycles. The molecule has 7 nitrogen and oxygen atoms in total. The van der Waals surface area contributed by atoms with E-state index in [-0.39, 0.29) is 75.5 Å². The van der Waals surface area contributed by atoms with Gasteiger partial charge in [-0.2, -0.15) is 0 Å². The molecule has 1 aromatic carbocycles. The van der Waals surface area contributed by atoms with E-state index >= 15 is 0 Å². The maximum atomic E-state index is 12.5. The predicted octanol–water partition coefficient (Wildman–Crippen LogP) is 4.59. The minimum atomic E-state index is -4.36.